The molecule has 94 valence electrons. The first-order valence-corrected chi connectivity index (χ1v) is 6.96. The highest BCUT2D eigenvalue weighted by molar-refractivity contribution is 9.11. The van der Waals surface area contributed by atoms with Gasteiger partial charge in [0.1, 0.15) is 0 Å². The molecule has 3 nitrogen and oxygen atoms in total. The van der Waals surface area contributed by atoms with Gasteiger partial charge >= 0.3 is 5.97 Å². The van der Waals surface area contributed by atoms with Gasteiger partial charge in [-0.3, -0.25) is 0 Å². The third-order valence-corrected chi connectivity index (χ3v) is 4.37. The summed E-state index contributed by atoms with van der Waals surface area (Å²) >= 11 is 4.76. The molecule has 2 rings (SSSR count). The van der Waals surface area contributed by atoms with Gasteiger partial charge in [0.25, 0.3) is 0 Å². The summed E-state index contributed by atoms with van der Waals surface area (Å²) < 4.78 is 5.45. The van der Waals surface area contributed by atoms with Crippen LogP contribution in [0.3, 0.4) is 0 Å². The van der Waals surface area contributed by atoms with Crippen molar-refractivity contribution in [1.29, 1.82) is 0 Å². The van der Waals surface area contributed by atoms with Gasteiger partial charge in [0.15, 0.2) is 9.61 Å². The summed E-state index contributed by atoms with van der Waals surface area (Å²) in [6, 6.07) is 6.02. The maximum atomic E-state index is 11.7. The molecule has 1 heterocycles. The standard InChI is InChI=1S/C13H12BrNO2S/c1-7-5-4-6-9(8(7)2)11-10(12(16)17-3)15-13(14)18-11/h4-6H,1-3H3. The van der Waals surface area contributed by atoms with Crippen LogP contribution in [0.15, 0.2) is 22.1 Å². The van der Waals surface area contributed by atoms with E-state index in [0.29, 0.717) is 9.61 Å². The largest absolute Gasteiger partial charge is 0.464 e. The van der Waals surface area contributed by atoms with E-state index in [9.17, 15) is 4.79 Å². The monoisotopic (exact) mass is 325 g/mol. The fourth-order valence-electron chi connectivity index (χ4n) is 1.71. The Morgan fingerprint density at radius 1 is 1.39 bits per heavy atom. The van der Waals surface area contributed by atoms with Gasteiger partial charge in [-0.05, 0) is 46.5 Å². The molecular weight excluding hydrogens is 314 g/mol. The van der Waals surface area contributed by atoms with E-state index in [2.05, 4.69) is 20.9 Å². The molecule has 0 spiro atoms. The van der Waals surface area contributed by atoms with Crippen LogP contribution in [-0.2, 0) is 4.74 Å². The Morgan fingerprint density at radius 3 is 2.78 bits per heavy atom. The second kappa shape index (κ2) is 5.20. The van der Waals surface area contributed by atoms with Gasteiger partial charge in [0.2, 0.25) is 0 Å². The topological polar surface area (TPSA) is 39.2 Å². The van der Waals surface area contributed by atoms with Crippen molar-refractivity contribution < 1.29 is 9.53 Å². The number of benzene rings is 1. The minimum Gasteiger partial charge on any atom is -0.464 e. The van der Waals surface area contributed by atoms with Gasteiger partial charge in [-0.2, -0.15) is 0 Å². The minimum absolute atomic E-state index is 0.364. The molecule has 1 aromatic heterocycles. The second-order valence-corrected chi connectivity index (χ2v) is 6.16. The van der Waals surface area contributed by atoms with Gasteiger partial charge in [0, 0.05) is 0 Å². The summed E-state index contributed by atoms with van der Waals surface area (Å²) in [5, 5.41) is 0. The number of thiazole rings is 1. The van der Waals surface area contributed by atoms with E-state index < -0.39 is 5.97 Å². The summed E-state index contributed by atoms with van der Waals surface area (Å²) in [6.45, 7) is 4.09. The van der Waals surface area contributed by atoms with Crippen molar-refractivity contribution in [2.24, 2.45) is 0 Å². The molecular formula is C13H12BrNO2S. The molecule has 1 aromatic carbocycles. The molecule has 0 saturated heterocycles. The highest BCUT2D eigenvalue weighted by atomic mass is 79.9. The number of methoxy groups -OCH3 is 1. The maximum Gasteiger partial charge on any atom is 0.358 e. The third kappa shape index (κ3) is 2.33. The smallest absolute Gasteiger partial charge is 0.358 e. The van der Waals surface area contributed by atoms with Crippen molar-refractivity contribution in [3.8, 4) is 10.4 Å². The van der Waals surface area contributed by atoms with Crippen molar-refractivity contribution >= 4 is 33.2 Å². The van der Waals surface area contributed by atoms with Gasteiger partial charge < -0.3 is 4.74 Å². The summed E-state index contributed by atoms with van der Waals surface area (Å²) in [6.07, 6.45) is 0. The maximum absolute atomic E-state index is 11.7. The highest BCUT2D eigenvalue weighted by Gasteiger charge is 2.20. The van der Waals surface area contributed by atoms with Crippen LogP contribution in [0.25, 0.3) is 10.4 Å². The second-order valence-electron chi connectivity index (χ2n) is 3.88. The molecule has 0 unspecified atom stereocenters. The number of halogens is 1. The Kier molecular flexibility index (Phi) is 3.82. The number of aromatic nitrogens is 1. The first-order chi connectivity index (χ1) is 8.54. The van der Waals surface area contributed by atoms with Crippen LogP contribution in [-0.4, -0.2) is 18.1 Å². The Hall–Kier alpha value is -1.20. The molecule has 0 aliphatic heterocycles. The molecule has 0 N–H and O–H groups in total. The summed E-state index contributed by atoms with van der Waals surface area (Å²) in [7, 11) is 1.36. The summed E-state index contributed by atoms with van der Waals surface area (Å²) in [5.74, 6) is -0.409. The van der Waals surface area contributed by atoms with Crippen LogP contribution in [0.5, 0.6) is 0 Å². The van der Waals surface area contributed by atoms with Gasteiger partial charge in [-0.25, -0.2) is 9.78 Å². The molecule has 0 atom stereocenters. The first-order valence-electron chi connectivity index (χ1n) is 5.35. The molecule has 0 radical (unpaired) electrons. The average molecular weight is 326 g/mol. The summed E-state index contributed by atoms with van der Waals surface area (Å²) in [5.41, 5.74) is 3.73. The van der Waals surface area contributed by atoms with E-state index in [1.54, 1.807) is 0 Å². The average Bonchev–Trinajstić information content (AvgIpc) is 2.73. The first kappa shape index (κ1) is 13.2. The van der Waals surface area contributed by atoms with Gasteiger partial charge in [0.05, 0.1) is 12.0 Å². The van der Waals surface area contributed by atoms with E-state index >= 15 is 0 Å². The normalized spacial score (nSPS) is 10.4. The van der Waals surface area contributed by atoms with Gasteiger partial charge in [-0.1, -0.05) is 18.2 Å². The van der Waals surface area contributed by atoms with Crippen LogP contribution in [0, 0.1) is 13.8 Å². The zero-order valence-corrected chi connectivity index (χ0v) is 12.7. The van der Waals surface area contributed by atoms with Crippen LogP contribution >= 0.6 is 27.3 Å². The lowest BCUT2D eigenvalue weighted by Gasteiger charge is -2.07. The molecule has 0 bridgehead atoms. The lowest BCUT2D eigenvalue weighted by molar-refractivity contribution is 0.0595. The van der Waals surface area contributed by atoms with E-state index in [-0.39, 0.29) is 0 Å². The van der Waals surface area contributed by atoms with Gasteiger partial charge in [-0.15, -0.1) is 11.3 Å². The van der Waals surface area contributed by atoms with Crippen LogP contribution in [0.4, 0.5) is 0 Å². The zero-order valence-electron chi connectivity index (χ0n) is 10.3. The van der Waals surface area contributed by atoms with Crippen LogP contribution < -0.4 is 0 Å². The van der Waals surface area contributed by atoms with Crippen molar-refractivity contribution in [3.63, 3.8) is 0 Å². The Labute approximate surface area is 118 Å². The predicted molar refractivity (Wildman–Crippen MR) is 76.1 cm³/mol. The van der Waals surface area contributed by atoms with Crippen LogP contribution in [0.1, 0.15) is 21.6 Å². The molecule has 0 fully saturated rings. The van der Waals surface area contributed by atoms with Crippen molar-refractivity contribution in [1.82, 2.24) is 4.98 Å². The molecule has 0 amide bonds. The number of ether oxygens (including phenoxy) is 1. The third-order valence-electron chi connectivity index (χ3n) is 2.83. The number of hydrogen-bond acceptors (Lipinski definition) is 4. The number of esters is 1. The van der Waals surface area contributed by atoms with Crippen molar-refractivity contribution in [2.45, 2.75) is 13.8 Å². The minimum atomic E-state index is -0.409. The Bertz CT molecular complexity index is 607. The van der Waals surface area contributed by atoms with Crippen LogP contribution in [0.2, 0.25) is 0 Å². The highest BCUT2D eigenvalue weighted by Crippen LogP contribution is 2.36. The number of carbonyl (C=O) groups excluding carboxylic acids is 1. The fraction of sp³-hybridized carbons (Fsp3) is 0.231. The fourth-order valence-corrected chi connectivity index (χ4v) is 3.23. The lowest BCUT2D eigenvalue weighted by Crippen LogP contribution is -2.03. The molecule has 0 aliphatic rings. The molecule has 2 aromatic rings. The number of rotatable bonds is 2. The van der Waals surface area contributed by atoms with E-state index in [0.717, 1.165) is 16.0 Å². The van der Waals surface area contributed by atoms with E-state index in [1.807, 2.05) is 32.0 Å². The van der Waals surface area contributed by atoms with E-state index in [1.165, 1.54) is 24.0 Å². The number of aryl methyl sites for hydroxylation is 1. The van der Waals surface area contributed by atoms with E-state index in [4.69, 9.17) is 4.74 Å². The molecule has 0 saturated carbocycles. The molecule has 5 heteroatoms. The van der Waals surface area contributed by atoms with Crippen molar-refractivity contribution in [2.75, 3.05) is 7.11 Å². The quantitative estimate of drug-likeness (QED) is 0.784. The Balaban J connectivity index is 2.64. The molecule has 18 heavy (non-hydrogen) atoms. The predicted octanol–water partition coefficient (Wildman–Crippen LogP) is 3.98. The Morgan fingerprint density at radius 2 is 2.11 bits per heavy atom. The number of carbonyl (C=O) groups is 1. The number of nitrogens with zero attached hydrogens (tertiary/aromatic N) is 1. The zero-order chi connectivity index (χ0) is 13.3. The van der Waals surface area contributed by atoms with Crippen molar-refractivity contribution in [3.05, 3.63) is 38.9 Å². The molecule has 0 aliphatic carbocycles. The summed E-state index contributed by atoms with van der Waals surface area (Å²) in [4.78, 5) is 16.7. The number of hydrogen-bond donors (Lipinski definition) is 0. The lowest BCUT2D eigenvalue weighted by atomic mass is 10.0. The SMILES string of the molecule is COC(=O)c1nc(Br)sc1-c1cccc(C)c1C.